The minimum absolute atomic E-state index is 0.152. The molecule has 4 rings (SSSR count). The van der Waals surface area contributed by atoms with E-state index in [1.165, 1.54) is 31.5 Å². The molecule has 0 saturated carbocycles. The van der Waals surface area contributed by atoms with Gasteiger partial charge in [0.05, 0.1) is 35.9 Å². The Morgan fingerprint density at radius 3 is 2.68 bits per heavy atom. The lowest BCUT2D eigenvalue weighted by Crippen LogP contribution is -2.14. The third-order valence-electron chi connectivity index (χ3n) is 4.97. The summed E-state index contributed by atoms with van der Waals surface area (Å²) in [4.78, 5) is 21.5. The topological polar surface area (TPSA) is 94.0 Å². The van der Waals surface area contributed by atoms with Crippen LogP contribution in [0.5, 0.6) is 5.75 Å². The molecule has 34 heavy (non-hydrogen) atoms. The molecule has 0 radical (unpaired) electrons. The maximum absolute atomic E-state index is 14.1. The van der Waals surface area contributed by atoms with Gasteiger partial charge in [-0.05, 0) is 42.3 Å². The number of amides is 1. The van der Waals surface area contributed by atoms with E-state index in [1.54, 1.807) is 35.1 Å². The summed E-state index contributed by atoms with van der Waals surface area (Å²) in [7, 11) is 1.48. The summed E-state index contributed by atoms with van der Waals surface area (Å²) in [5, 5.41) is 10.5. The van der Waals surface area contributed by atoms with Crippen LogP contribution < -0.4 is 15.4 Å². The molecule has 0 aliphatic heterocycles. The lowest BCUT2D eigenvalue weighted by atomic mass is 10.1. The first-order valence-corrected chi connectivity index (χ1v) is 10.8. The van der Waals surface area contributed by atoms with E-state index in [9.17, 15) is 9.18 Å². The Balaban J connectivity index is 1.63. The van der Waals surface area contributed by atoms with Crippen molar-refractivity contribution in [1.29, 1.82) is 0 Å². The standard InChI is InChI=1S/C24H22ClFN6O2/c1-14(2)18-10-11-32(31-18)22-17(25)13-27-24(30-22)29-20-12-15(26)8-9-19(20)28-23(33)16-6-4-5-7-21(16)34-3/h4-14H,1-3H3,(H,28,33)(H,27,29,30). The molecule has 0 atom stereocenters. The lowest BCUT2D eigenvalue weighted by molar-refractivity contribution is 0.102. The van der Waals surface area contributed by atoms with Crippen molar-refractivity contribution < 1.29 is 13.9 Å². The molecule has 174 valence electrons. The van der Waals surface area contributed by atoms with Crippen LogP contribution in [0.2, 0.25) is 5.02 Å². The van der Waals surface area contributed by atoms with Crippen molar-refractivity contribution in [1.82, 2.24) is 19.7 Å². The minimum Gasteiger partial charge on any atom is -0.496 e. The quantitative estimate of drug-likeness (QED) is 0.358. The number of benzene rings is 2. The lowest BCUT2D eigenvalue weighted by Gasteiger charge is -2.14. The van der Waals surface area contributed by atoms with Gasteiger partial charge in [-0.1, -0.05) is 37.6 Å². The normalized spacial score (nSPS) is 10.9. The first-order valence-electron chi connectivity index (χ1n) is 10.4. The first kappa shape index (κ1) is 23.2. The number of para-hydroxylation sites is 1. The van der Waals surface area contributed by atoms with Gasteiger partial charge in [0.25, 0.3) is 5.91 Å². The molecular weight excluding hydrogens is 459 g/mol. The van der Waals surface area contributed by atoms with Gasteiger partial charge in [0.1, 0.15) is 16.6 Å². The molecule has 2 N–H and O–H groups in total. The predicted octanol–water partition coefficient (Wildman–Crippen LogP) is 5.58. The highest BCUT2D eigenvalue weighted by molar-refractivity contribution is 6.32. The van der Waals surface area contributed by atoms with E-state index in [1.807, 2.05) is 19.9 Å². The third kappa shape index (κ3) is 4.99. The zero-order valence-electron chi connectivity index (χ0n) is 18.7. The number of carbonyl (C=O) groups is 1. The maximum Gasteiger partial charge on any atom is 0.259 e. The number of hydrogen-bond acceptors (Lipinski definition) is 6. The number of carbonyl (C=O) groups excluding carboxylic acids is 1. The number of anilines is 3. The third-order valence-corrected chi connectivity index (χ3v) is 5.24. The molecule has 1 amide bonds. The summed E-state index contributed by atoms with van der Waals surface area (Å²) in [6.07, 6.45) is 3.18. The fraction of sp³-hybridized carbons (Fsp3) is 0.167. The first-order chi connectivity index (χ1) is 16.4. The molecule has 0 saturated heterocycles. The van der Waals surface area contributed by atoms with Gasteiger partial charge in [-0.3, -0.25) is 4.79 Å². The van der Waals surface area contributed by atoms with Gasteiger partial charge < -0.3 is 15.4 Å². The summed E-state index contributed by atoms with van der Waals surface area (Å²) in [6, 6.07) is 12.6. The number of ether oxygens (including phenoxy) is 1. The van der Waals surface area contributed by atoms with E-state index >= 15 is 0 Å². The van der Waals surface area contributed by atoms with Crippen molar-refractivity contribution in [3.05, 3.63) is 83.0 Å². The van der Waals surface area contributed by atoms with Crippen molar-refractivity contribution in [2.24, 2.45) is 0 Å². The molecule has 2 aromatic carbocycles. The van der Waals surface area contributed by atoms with Crippen LogP contribution in [0.15, 0.2) is 60.9 Å². The Morgan fingerprint density at radius 2 is 1.94 bits per heavy atom. The fourth-order valence-corrected chi connectivity index (χ4v) is 3.39. The van der Waals surface area contributed by atoms with Crippen LogP contribution in [0.25, 0.3) is 5.82 Å². The monoisotopic (exact) mass is 480 g/mol. The Labute approximate surface area is 200 Å². The number of halogens is 2. The molecule has 2 heterocycles. The molecule has 4 aromatic rings. The smallest absolute Gasteiger partial charge is 0.259 e. The van der Waals surface area contributed by atoms with Gasteiger partial charge in [-0.15, -0.1) is 0 Å². The molecule has 10 heteroatoms. The van der Waals surface area contributed by atoms with E-state index in [4.69, 9.17) is 16.3 Å². The van der Waals surface area contributed by atoms with Crippen LogP contribution in [0.4, 0.5) is 21.7 Å². The highest BCUT2D eigenvalue weighted by Gasteiger charge is 2.16. The van der Waals surface area contributed by atoms with Gasteiger partial charge >= 0.3 is 0 Å². The van der Waals surface area contributed by atoms with Crippen molar-refractivity contribution >= 4 is 34.8 Å². The van der Waals surface area contributed by atoms with Crippen LogP contribution in [0.3, 0.4) is 0 Å². The van der Waals surface area contributed by atoms with E-state index in [0.29, 0.717) is 27.8 Å². The molecule has 0 spiro atoms. The highest BCUT2D eigenvalue weighted by atomic mass is 35.5. The van der Waals surface area contributed by atoms with E-state index in [0.717, 1.165) is 5.69 Å². The van der Waals surface area contributed by atoms with Crippen LogP contribution >= 0.6 is 11.6 Å². The second-order valence-electron chi connectivity index (χ2n) is 7.67. The van der Waals surface area contributed by atoms with Gasteiger partial charge in [-0.25, -0.2) is 14.1 Å². The Kier molecular flexibility index (Phi) is 6.74. The number of nitrogens with one attached hydrogen (secondary N) is 2. The number of nitrogens with zero attached hydrogens (tertiary/aromatic N) is 4. The van der Waals surface area contributed by atoms with Gasteiger partial charge in [0.15, 0.2) is 5.82 Å². The zero-order valence-corrected chi connectivity index (χ0v) is 19.5. The summed E-state index contributed by atoms with van der Waals surface area (Å²) in [5.74, 6) is 0.258. The zero-order chi connectivity index (χ0) is 24.2. The fourth-order valence-electron chi connectivity index (χ4n) is 3.21. The summed E-state index contributed by atoms with van der Waals surface area (Å²) in [5.41, 5.74) is 1.82. The number of methoxy groups -OCH3 is 1. The van der Waals surface area contributed by atoms with Gasteiger partial charge in [-0.2, -0.15) is 10.1 Å². The molecular formula is C24H22ClFN6O2. The van der Waals surface area contributed by atoms with Crippen molar-refractivity contribution in [3.8, 4) is 11.6 Å². The highest BCUT2D eigenvalue weighted by Crippen LogP contribution is 2.28. The second kappa shape index (κ2) is 9.88. The molecule has 0 unspecified atom stereocenters. The maximum atomic E-state index is 14.1. The molecule has 8 nitrogen and oxygen atoms in total. The Morgan fingerprint density at radius 1 is 1.15 bits per heavy atom. The van der Waals surface area contributed by atoms with E-state index in [2.05, 4.69) is 25.7 Å². The van der Waals surface area contributed by atoms with Crippen molar-refractivity contribution in [3.63, 3.8) is 0 Å². The Hall–Kier alpha value is -3.98. The van der Waals surface area contributed by atoms with Gasteiger partial charge in [0.2, 0.25) is 5.95 Å². The molecule has 2 aromatic heterocycles. The van der Waals surface area contributed by atoms with Crippen LogP contribution in [-0.2, 0) is 0 Å². The minimum atomic E-state index is -0.499. The van der Waals surface area contributed by atoms with E-state index < -0.39 is 11.7 Å². The molecule has 0 bridgehead atoms. The summed E-state index contributed by atoms with van der Waals surface area (Å²) < 4.78 is 20.9. The SMILES string of the molecule is COc1ccccc1C(=O)Nc1ccc(F)cc1Nc1ncc(Cl)c(-n2ccc(C(C)C)n2)n1. The average Bonchev–Trinajstić information content (AvgIpc) is 3.32. The average molecular weight is 481 g/mol. The predicted molar refractivity (Wildman–Crippen MR) is 129 cm³/mol. The number of aromatic nitrogens is 4. The van der Waals surface area contributed by atoms with Gasteiger partial charge in [0, 0.05) is 6.20 Å². The number of hydrogen-bond donors (Lipinski definition) is 2. The number of rotatable bonds is 7. The van der Waals surface area contributed by atoms with Crippen molar-refractivity contribution in [2.75, 3.05) is 17.7 Å². The molecule has 0 aliphatic carbocycles. The van der Waals surface area contributed by atoms with Crippen molar-refractivity contribution in [2.45, 2.75) is 19.8 Å². The molecule has 0 fully saturated rings. The van der Waals surface area contributed by atoms with Crippen LogP contribution in [-0.4, -0.2) is 32.8 Å². The van der Waals surface area contributed by atoms with Crippen LogP contribution in [0.1, 0.15) is 35.8 Å². The summed E-state index contributed by atoms with van der Waals surface area (Å²) >= 11 is 6.30. The molecule has 0 aliphatic rings. The largest absolute Gasteiger partial charge is 0.496 e. The second-order valence-corrected chi connectivity index (χ2v) is 8.08. The summed E-state index contributed by atoms with van der Waals surface area (Å²) in [6.45, 7) is 4.07. The van der Waals surface area contributed by atoms with Crippen LogP contribution in [0, 0.1) is 5.82 Å². The van der Waals surface area contributed by atoms with E-state index in [-0.39, 0.29) is 17.6 Å². The Bertz CT molecular complexity index is 1340.